The van der Waals surface area contributed by atoms with Crippen molar-refractivity contribution in [2.24, 2.45) is 0 Å². The van der Waals surface area contributed by atoms with Crippen LogP contribution < -0.4 is 0 Å². The third kappa shape index (κ3) is 6.95. The van der Waals surface area contributed by atoms with Gasteiger partial charge in [0.25, 0.3) is 5.91 Å². The molecule has 1 aliphatic heterocycles. The largest absolute Gasteiger partial charge is 0.416 e. The first-order chi connectivity index (χ1) is 17.3. The Morgan fingerprint density at radius 1 is 0.944 bits per heavy atom. The second kappa shape index (κ2) is 11.7. The molecule has 0 N–H and O–H groups in total. The molecule has 9 heteroatoms. The molecule has 1 unspecified atom stereocenters. The lowest BCUT2D eigenvalue weighted by Gasteiger charge is -2.29. The highest BCUT2D eigenvalue weighted by Crippen LogP contribution is 2.29. The number of thiophene rings is 1. The molecule has 1 fully saturated rings. The highest BCUT2D eigenvalue weighted by molar-refractivity contribution is 7.09. The van der Waals surface area contributed by atoms with E-state index in [2.05, 4.69) is 0 Å². The van der Waals surface area contributed by atoms with Crippen LogP contribution >= 0.6 is 11.3 Å². The van der Waals surface area contributed by atoms with Crippen LogP contribution in [0.25, 0.3) is 0 Å². The van der Waals surface area contributed by atoms with Crippen LogP contribution in [0.2, 0.25) is 0 Å². The molecule has 0 spiro atoms. The Morgan fingerprint density at radius 3 is 2.31 bits per heavy atom. The number of hydrogen-bond acceptors (Lipinski definition) is 4. The first kappa shape index (κ1) is 25.9. The minimum absolute atomic E-state index is 0.0988. The fraction of sp³-hybridized carbons (Fsp3) is 0.333. The van der Waals surface area contributed by atoms with Gasteiger partial charge >= 0.3 is 6.18 Å². The molecule has 1 atom stereocenters. The second-order valence-corrected chi connectivity index (χ2v) is 9.74. The van der Waals surface area contributed by atoms with Gasteiger partial charge < -0.3 is 14.5 Å². The molecule has 4 rings (SSSR count). The predicted octanol–water partition coefficient (Wildman–Crippen LogP) is 5.62. The van der Waals surface area contributed by atoms with Crippen LogP contribution in [-0.2, 0) is 28.8 Å². The molecule has 0 radical (unpaired) electrons. The third-order valence-electron chi connectivity index (χ3n) is 6.02. The summed E-state index contributed by atoms with van der Waals surface area (Å²) in [6.07, 6.45) is -3.09. The van der Waals surface area contributed by atoms with E-state index in [0.29, 0.717) is 19.7 Å². The molecule has 2 amide bonds. The SMILES string of the molecule is O=C(CN(CC1CCCO1)C(=O)c1ccc(C(F)(F)F)cc1)N(Cc1ccccc1)Cc1cccs1. The van der Waals surface area contributed by atoms with Gasteiger partial charge in [0.15, 0.2) is 0 Å². The first-order valence-electron chi connectivity index (χ1n) is 11.7. The van der Waals surface area contributed by atoms with Crippen molar-refractivity contribution >= 4 is 23.2 Å². The molecule has 1 aliphatic rings. The molecule has 5 nitrogen and oxygen atoms in total. The number of alkyl halides is 3. The number of carbonyl (C=O) groups excluding carboxylic acids is 2. The Morgan fingerprint density at radius 2 is 1.69 bits per heavy atom. The number of rotatable bonds is 9. The highest BCUT2D eigenvalue weighted by atomic mass is 32.1. The lowest BCUT2D eigenvalue weighted by molar-refractivity contribution is -0.137. The molecular formula is C27H27F3N2O3S. The molecular weight excluding hydrogens is 489 g/mol. The van der Waals surface area contributed by atoms with E-state index in [0.717, 1.165) is 47.5 Å². The van der Waals surface area contributed by atoms with Crippen molar-refractivity contribution in [2.45, 2.75) is 38.2 Å². The van der Waals surface area contributed by atoms with E-state index < -0.39 is 17.6 Å². The van der Waals surface area contributed by atoms with Crippen molar-refractivity contribution in [3.63, 3.8) is 0 Å². The summed E-state index contributed by atoms with van der Waals surface area (Å²) in [5, 5.41) is 1.94. The number of nitrogens with zero attached hydrogens (tertiary/aromatic N) is 2. The highest BCUT2D eigenvalue weighted by Gasteiger charge is 2.31. The lowest BCUT2D eigenvalue weighted by Crippen LogP contribution is -2.45. The summed E-state index contributed by atoms with van der Waals surface area (Å²) in [6, 6.07) is 17.5. The van der Waals surface area contributed by atoms with Crippen molar-refractivity contribution in [3.05, 3.63) is 93.7 Å². The van der Waals surface area contributed by atoms with Gasteiger partial charge in [-0.25, -0.2) is 0 Å². The quantitative estimate of drug-likeness (QED) is 0.371. The van der Waals surface area contributed by atoms with E-state index in [-0.39, 0.29) is 30.7 Å². The number of benzene rings is 2. The molecule has 0 bridgehead atoms. The summed E-state index contributed by atoms with van der Waals surface area (Å²) in [5.41, 5.74) is 0.231. The molecule has 2 heterocycles. The number of amides is 2. The number of carbonyl (C=O) groups is 2. The van der Waals surface area contributed by atoms with Crippen LogP contribution in [0, 0.1) is 0 Å². The van der Waals surface area contributed by atoms with Gasteiger partial charge in [0, 0.05) is 30.1 Å². The lowest BCUT2D eigenvalue weighted by atomic mass is 10.1. The number of hydrogen-bond donors (Lipinski definition) is 0. The van der Waals surface area contributed by atoms with Gasteiger partial charge in [-0.2, -0.15) is 13.2 Å². The first-order valence-corrected chi connectivity index (χ1v) is 12.6. The maximum atomic E-state index is 13.5. The zero-order valence-electron chi connectivity index (χ0n) is 19.6. The average Bonchev–Trinajstić information content (AvgIpc) is 3.57. The van der Waals surface area contributed by atoms with E-state index >= 15 is 0 Å². The summed E-state index contributed by atoms with van der Waals surface area (Å²) in [4.78, 5) is 31.0. The van der Waals surface area contributed by atoms with E-state index in [9.17, 15) is 22.8 Å². The molecule has 0 aliphatic carbocycles. The van der Waals surface area contributed by atoms with Gasteiger partial charge in [-0.05, 0) is 54.1 Å². The average molecular weight is 517 g/mol. The van der Waals surface area contributed by atoms with E-state index in [1.807, 2.05) is 47.8 Å². The van der Waals surface area contributed by atoms with Crippen LogP contribution in [-0.4, -0.2) is 47.4 Å². The van der Waals surface area contributed by atoms with Crippen molar-refractivity contribution in [1.29, 1.82) is 0 Å². The van der Waals surface area contributed by atoms with Crippen LogP contribution in [0.5, 0.6) is 0 Å². The van der Waals surface area contributed by atoms with Crippen molar-refractivity contribution in [3.8, 4) is 0 Å². The third-order valence-corrected chi connectivity index (χ3v) is 6.88. The Balaban J connectivity index is 1.54. The van der Waals surface area contributed by atoms with E-state index in [1.165, 1.54) is 4.90 Å². The Kier molecular flexibility index (Phi) is 8.43. The van der Waals surface area contributed by atoms with Gasteiger partial charge in [0.1, 0.15) is 6.54 Å². The standard InChI is InChI=1S/C27H27F3N2O3S/c28-27(29,30)22-12-10-21(11-13-22)26(34)32(17-23-8-4-14-35-23)19-25(33)31(18-24-9-5-15-36-24)16-20-6-2-1-3-7-20/h1-3,5-7,9-13,15,23H,4,8,14,16-19H2. The minimum Gasteiger partial charge on any atom is -0.376 e. The normalized spacial score (nSPS) is 15.6. The van der Waals surface area contributed by atoms with Crippen LogP contribution in [0.3, 0.4) is 0 Å². The maximum Gasteiger partial charge on any atom is 0.416 e. The Bertz CT molecular complexity index is 1130. The van der Waals surface area contributed by atoms with Crippen molar-refractivity contribution in [1.82, 2.24) is 9.80 Å². The van der Waals surface area contributed by atoms with Crippen LogP contribution in [0.15, 0.2) is 72.1 Å². The summed E-state index contributed by atoms with van der Waals surface area (Å²) in [6.45, 7) is 1.36. The fourth-order valence-electron chi connectivity index (χ4n) is 4.13. The maximum absolute atomic E-state index is 13.5. The van der Waals surface area contributed by atoms with Gasteiger partial charge in [-0.1, -0.05) is 36.4 Å². The number of halogens is 3. The Labute approximate surface area is 212 Å². The van der Waals surface area contributed by atoms with E-state index in [4.69, 9.17) is 4.74 Å². The van der Waals surface area contributed by atoms with Crippen molar-refractivity contribution < 1.29 is 27.5 Å². The zero-order chi connectivity index (χ0) is 25.5. The second-order valence-electron chi connectivity index (χ2n) is 8.71. The molecule has 0 saturated carbocycles. The topological polar surface area (TPSA) is 49.9 Å². The fourth-order valence-corrected chi connectivity index (χ4v) is 4.85. The van der Waals surface area contributed by atoms with Gasteiger partial charge in [0.05, 0.1) is 18.2 Å². The number of ether oxygens (including phenoxy) is 1. The minimum atomic E-state index is -4.49. The van der Waals surface area contributed by atoms with Crippen LogP contribution in [0.1, 0.15) is 39.2 Å². The predicted molar refractivity (Wildman–Crippen MR) is 131 cm³/mol. The molecule has 190 valence electrons. The smallest absolute Gasteiger partial charge is 0.376 e. The Hall–Kier alpha value is -3.17. The molecule has 1 saturated heterocycles. The summed E-state index contributed by atoms with van der Waals surface area (Å²) in [7, 11) is 0. The molecule has 3 aromatic rings. The molecule has 2 aromatic carbocycles. The van der Waals surface area contributed by atoms with Crippen LogP contribution in [0.4, 0.5) is 13.2 Å². The van der Waals surface area contributed by atoms with Crippen molar-refractivity contribution in [2.75, 3.05) is 19.7 Å². The summed E-state index contributed by atoms with van der Waals surface area (Å²) >= 11 is 1.54. The van der Waals surface area contributed by atoms with Gasteiger partial charge in [-0.3, -0.25) is 9.59 Å². The summed E-state index contributed by atoms with van der Waals surface area (Å²) < 4.78 is 44.6. The zero-order valence-corrected chi connectivity index (χ0v) is 20.4. The summed E-state index contributed by atoms with van der Waals surface area (Å²) in [5.74, 6) is -0.742. The monoisotopic (exact) mass is 516 g/mol. The van der Waals surface area contributed by atoms with Gasteiger partial charge in [0.2, 0.25) is 5.91 Å². The van der Waals surface area contributed by atoms with Gasteiger partial charge in [-0.15, -0.1) is 11.3 Å². The molecule has 1 aromatic heterocycles. The molecule has 36 heavy (non-hydrogen) atoms. The van der Waals surface area contributed by atoms with E-state index in [1.54, 1.807) is 16.2 Å².